The molecule has 0 radical (unpaired) electrons. The van der Waals surface area contributed by atoms with Crippen LogP contribution in [0.2, 0.25) is 0 Å². The molecule has 0 saturated carbocycles. The van der Waals surface area contributed by atoms with E-state index in [1.54, 1.807) is 0 Å². The van der Waals surface area contributed by atoms with E-state index in [1.807, 2.05) is 0 Å². The van der Waals surface area contributed by atoms with Crippen molar-refractivity contribution in [3.8, 4) is 0 Å². The molecule has 0 N–H and O–H groups in total. The van der Waals surface area contributed by atoms with E-state index in [0.717, 1.165) is 13.1 Å². The lowest BCUT2D eigenvalue weighted by atomic mass is 9.86. The van der Waals surface area contributed by atoms with Crippen molar-refractivity contribution in [3.63, 3.8) is 0 Å². The van der Waals surface area contributed by atoms with E-state index in [-0.39, 0.29) is 5.41 Å². The van der Waals surface area contributed by atoms with Crippen LogP contribution in [0.15, 0.2) is 66.7 Å². The van der Waals surface area contributed by atoms with E-state index in [1.165, 1.54) is 27.5 Å². The minimum atomic E-state index is 0.199. The molecule has 0 amide bonds. The fourth-order valence-corrected chi connectivity index (χ4v) is 3.22. The number of fused-ring (bicyclic) bond motifs is 1. The van der Waals surface area contributed by atoms with Crippen LogP contribution in [-0.2, 0) is 18.5 Å². The molecule has 3 aromatic rings. The van der Waals surface area contributed by atoms with E-state index in [2.05, 4.69) is 99.4 Å². The Kier molecular flexibility index (Phi) is 4.73. The van der Waals surface area contributed by atoms with Crippen LogP contribution >= 0.6 is 0 Å². The first kappa shape index (κ1) is 16.7. The summed E-state index contributed by atoms with van der Waals surface area (Å²) in [4.78, 5) is 2.39. The summed E-state index contributed by atoms with van der Waals surface area (Å²) in [5.74, 6) is 0. The van der Waals surface area contributed by atoms with Crippen molar-refractivity contribution in [1.82, 2.24) is 4.90 Å². The highest BCUT2D eigenvalue weighted by Gasteiger charge is 2.14. The highest BCUT2D eigenvalue weighted by Crippen LogP contribution is 2.24. The molecule has 3 aromatic carbocycles. The molecule has 1 heteroatoms. The Hall–Kier alpha value is -2.12. The van der Waals surface area contributed by atoms with Gasteiger partial charge in [0.25, 0.3) is 0 Å². The highest BCUT2D eigenvalue weighted by atomic mass is 15.1. The first-order chi connectivity index (χ1) is 11.4. The van der Waals surface area contributed by atoms with Gasteiger partial charge < -0.3 is 0 Å². The zero-order valence-electron chi connectivity index (χ0n) is 15.2. The molecule has 0 aliphatic rings. The number of rotatable bonds is 4. The van der Waals surface area contributed by atoms with E-state index in [4.69, 9.17) is 0 Å². The van der Waals surface area contributed by atoms with Gasteiger partial charge in [0.1, 0.15) is 0 Å². The Morgan fingerprint density at radius 3 is 2.29 bits per heavy atom. The van der Waals surface area contributed by atoms with Crippen LogP contribution in [0.1, 0.15) is 37.5 Å². The zero-order valence-corrected chi connectivity index (χ0v) is 15.2. The van der Waals surface area contributed by atoms with Crippen molar-refractivity contribution >= 4 is 10.8 Å². The van der Waals surface area contributed by atoms with E-state index >= 15 is 0 Å². The minimum absolute atomic E-state index is 0.199. The van der Waals surface area contributed by atoms with Crippen molar-refractivity contribution in [2.24, 2.45) is 0 Å². The summed E-state index contributed by atoms with van der Waals surface area (Å²) in [6.45, 7) is 8.73. The molecule has 0 aromatic heterocycles. The predicted octanol–water partition coefficient (Wildman–Crippen LogP) is 5.77. The van der Waals surface area contributed by atoms with Gasteiger partial charge in [0, 0.05) is 13.1 Å². The molecular formula is C23H27N. The van der Waals surface area contributed by atoms with Crippen molar-refractivity contribution in [2.45, 2.75) is 39.3 Å². The minimum Gasteiger partial charge on any atom is -0.298 e. The summed E-state index contributed by atoms with van der Waals surface area (Å²) < 4.78 is 0. The van der Waals surface area contributed by atoms with Crippen molar-refractivity contribution in [3.05, 3.63) is 83.4 Å². The van der Waals surface area contributed by atoms with Gasteiger partial charge in [-0.3, -0.25) is 4.90 Å². The molecule has 0 atom stereocenters. The van der Waals surface area contributed by atoms with E-state index in [0.29, 0.717) is 0 Å². The average Bonchev–Trinajstić information content (AvgIpc) is 2.54. The van der Waals surface area contributed by atoms with Gasteiger partial charge >= 0.3 is 0 Å². The molecule has 0 bridgehead atoms. The summed E-state index contributed by atoms with van der Waals surface area (Å²) in [5.41, 5.74) is 4.37. The van der Waals surface area contributed by atoms with E-state index < -0.39 is 0 Å². The Balaban J connectivity index is 1.77. The maximum Gasteiger partial charge on any atom is 0.0240 e. The van der Waals surface area contributed by atoms with Gasteiger partial charge in [0.15, 0.2) is 0 Å². The number of hydrogen-bond acceptors (Lipinski definition) is 1. The Bertz CT molecular complexity index is 821. The van der Waals surface area contributed by atoms with Gasteiger partial charge in [-0.1, -0.05) is 87.5 Å². The number of hydrogen-bond donors (Lipinski definition) is 0. The molecule has 0 saturated heterocycles. The Morgan fingerprint density at radius 2 is 1.50 bits per heavy atom. The van der Waals surface area contributed by atoms with Crippen LogP contribution in [0.4, 0.5) is 0 Å². The standard InChI is InChI=1S/C23H27N/c1-23(2,3)21-13-7-9-18(15-21)16-24(4)17-20-12-8-11-19-10-5-6-14-22(19)20/h5-15H,16-17H2,1-4H3. The fraction of sp³-hybridized carbons (Fsp3) is 0.304. The third-order valence-corrected chi connectivity index (χ3v) is 4.57. The van der Waals surface area contributed by atoms with Crippen LogP contribution in [0.5, 0.6) is 0 Å². The normalized spacial score (nSPS) is 12.0. The third-order valence-electron chi connectivity index (χ3n) is 4.57. The summed E-state index contributed by atoms with van der Waals surface area (Å²) in [6, 6.07) is 24.2. The van der Waals surface area contributed by atoms with Gasteiger partial charge in [-0.15, -0.1) is 0 Å². The van der Waals surface area contributed by atoms with E-state index in [9.17, 15) is 0 Å². The number of benzene rings is 3. The SMILES string of the molecule is CN(Cc1cccc(C(C)(C)C)c1)Cc1cccc2ccccc12. The van der Waals surface area contributed by atoms with Gasteiger partial charge in [-0.2, -0.15) is 0 Å². The molecule has 0 unspecified atom stereocenters. The molecule has 0 fully saturated rings. The quantitative estimate of drug-likeness (QED) is 0.590. The lowest BCUT2D eigenvalue weighted by Crippen LogP contribution is -2.18. The lowest BCUT2D eigenvalue weighted by Gasteiger charge is -2.22. The second-order valence-electron chi connectivity index (χ2n) is 7.76. The maximum absolute atomic E-state index is 2.39. The first-order valence-electron chi connectivity index (χ1n) is 8.68. The fourth-order valence-electron chi connectivity index (χ4n) is 3.22. The van der Waals surface area contributed by atoms with Gasteiger partial charge in [0.2, 0.25) is 0 Å². The van der Waals surface area contributed by atoms with Crippen molar-refractivity contribution < 1.29 is 0 Å². The van der Waals surface area contributed by atoms with Crippen LogP contribution in [0.25, 0.3) is 10.8 Å². The largest absolute Gasteiger partial charge is 0.298 e. The molecule has 0 spiro atoms. The van der Waals surface area contributed by atoms with Gasteiger partial charge in [0.05, 0.1) is 0 Å². The Morgan fingerprint density at radius 1 is 0.792 bits per heavy atom. The molecule has 124 valence electrons. The topological polar surface area (TPSA) is 3.24 Å². The van der Waals surface area contributed by atoms with Crippen molar-refractivity contribution in [1.29, 1.82) is 0 Å². The molecule has 0 heterocycles. The highest BCUT2D eigenvalue weighted by molar-refractivity contribution is 5.85. The maximum atomic E-state index is 2.39. The predicted molar refractivity (Wildman–Crippen MR) is 104 cm³/mol. The van der Waals surface area contributed by atoms with Crippen molar-refractivity contribution in [2.75, 3.05) is 7.05 Å². The number of nitrogens with zero attached hydrogens (tertiary/aromatic N) is 1. The summed E-state index contributed by atoms with van der Waals surface area (Å²) in [5, 5.41) is 2.67. The molecule has 0 aliphatic heterocycles. The van der Waals surface area contributed by atoms with Crippen LogP contribution < -0.4 is 0 Å². The third kappa shape index (κ3) is 3.85. The smallest absolute Gasteiger partial charge is 0.0240 e. The summed E-state index contributed by atoms with van der Waals surface area (Å²) >= 11 is 0. The average molecular weight is 317 g/mol. The summed E-state index contributed by atoms with van der Waals surface area (Å²) in [6.07, 6.45) is 0. The second-order valence-corrected chi connectivity index (χ2v) is 7.76. The molecule has 3 rings (SSSR count). The molecule has 0 aliphatic carbocycles. The lowest BCUT2D eigenvalue weighted by molar-refractivity contribution is 0.320. The second kappa shape index (κ2) is 6.78. The van der Waals surface area contributed by atoms with Crippen LogP contribution in [0.3, 0.4) is 0 Å². The van der Waals surface area contributed by atoms with Gasteiger partial charge in [-0.25, -0.2) is 0 Å². The Labute approximate surface area is 145 Å². The monoisotopic (exact) mass is 317 g/mol. The molecule has 24 heavy (non-hydrogen) atoms. The molecule has 1 nitrogen and oxygen atoms in total. The molecular weight excluding hydrogens is 290 g/mol. The van der Waals surface area contributed by atoms with Crippen LogP contribution in [0, 0.1) is 0 Å². The zero-order chi connectivity index (χ0) is 17.2. The van der Waals surface area contributed by atoms with Crippen LogP contribution in [-0.4, -0.2) is 11.9 Å². The first-order valence-corrected chi connectivity index (χ1v) is 8.68. The van der Waals surface area contributed by atoms with Gasteiger partial charge in [-0.05, 0) is 39.9 Å². The summed E-state index contributed by atoms with van der Waals surface area (Å²) in [7, 11) is 2.20.